The molecule has 0 fully saturated rings. The normalized spacial score (nSPS) is 12.3. The summed E-state index contributed by atoms with van der Waals surface area (Å²) >= 11 is 5.82. The van der Waals surface area contributed by atoms with Crippen molar-refractivity contribution >= 4 is 27.5 Å². The third-order valence-electron chi connectivity index (χ3n) is 3.77. The van der Waals surface area contributed by atoms with E-state index in [-0.39, 0.29) is 17.2 Å². The quantitative estimate of drug-likeness (QED) is 0.694. The lowest BCUT2D eigenvalue weighted by Crippen LogP contribution is -2.44. The first-order valence-corrected chi connectivity index (χ1v) is 9.89. The monoisotopic (exact) mass is 412 g/mol. The van der Waals surface area contributed by atoms with Crippen molar-refractivity contribution in [1.82, 2.24) is 10.0 Å². The molecule has 0 radical (unpaired) electrons. The Morgan fingerprint density at radius 1 is 1.07 bits per heavy atom. The minimum Gasteiger partial charge on any atom is -0.493 e. The van der Waals surface area contributed by atoms with E-state index in [1.165, 1.54) is 39.3 Å². The van der Waals surface area contributed by atoms with Crippen LogP contribution in [-0.4, -0.2) is 34.6 Å². The van der Waals surface area contributed by atoms with Gasteiger partial charge >= 0.3 is 0 Å². The summed E-state index contributed by atoms with van der Waals surface area (Å²) in [5.41, 5.74) is 0.850. The molecule has 0 aliphatic heterocycles. The molecule has 2 aromatic carbocycles. The third kappa shape index (κ3) is 5.59. The standard InChI is InChI=1S/C18H21ClN2O5S/c1-12(18(22)20-11-13-4-6-14(19)7-5-13)21-27(23,24)15-8-9-16(25-2)17(10-15)26-3/h4-10,12,21H,11H2,1-3H3,(H,20,22)/t12-/m1/s1. The molecule has 1 atom stereocenters. The van der Waals surface area contributed by atoms with Gasteiger partial charge in [0, 0.05) is 17.6 Å². The maximum absolute atomic E-state index is 12.5. The molecule has 0 bridgehead atoms. The van der Waals surface area contributed by atoms with Crippen molar-refractivity contribution in [3.63, 3.8) is 0 Å². The number of hydrogen-bond acceptors (Lipinski definition) is 5. The Bertz CT molecular complexity index is 900. The molecule has 0 aliphatic carbocycles. The fourth-order valence-corrected chi connectivity index (χ4v) is 3.63. The zero-order chi connectivity index (χ0) is 20.0. The van der Waals surface area contributed by atoms with Crippen LogP contribution in [0.5, 0.6) is 11.5 Å². The number of carbonyl (C=O) groups excluding carboxylic acids is 1. The first-order valence-electron chi connectivity index (χ1n) is 8.03. The van der Waals surface area contributed by atoms with Crippen LogP contribution in [0.15, 0.2) is 47.4 Å². The highest BCUT2D eigenvalue weighted by molar-refractivity contribution is 7.89. The van der Waals surface area contributed by atoms with Crippen molar-refractivity contribution in [1.29, 1.82) is 0 Å². The molecule has 9 heteroatoms. The Hall–Kier alpha value is -2.29. The van der Waals surface area contributed by atoms with Gasteiger partial charge in [0.2, 0.25) is 15.9 Å². The van der Waals surface area contributed by atoms with Gasteiger partial charge in [-0.05, 0) is 36.8 Å². The van der Waals surface area contributed by atoms with Gasteiger partial charge in [-0.15, -0.1) is 0 Å². The molecular weight excluding hydrogens is 392 g/mol. The zero-order valence-electron chi connectivity index (χ0n) is 15.2. The van der Waals surface area contributed by atoms with Gasteiger partial charge in [-0.2, -0.15) is 4.72 Å². The molecular formula is C18H21ClN2O5S. The Kier molecular flexibility index (Phi) is 7.06. The molecule has 0 aliphatic rings. The smallest absolute Gasteiger partial charge is 0.241 e. The van der Waals surface area contributed by atoms with Crippen molar-refractivity contribution < 1.29 is 22.7 Å². The Morgan fingerprint density at radius 2 is 1.70 bits per heavy atom. The Labute approximate surface area is 163 Å². The maximum Gasteiger partial charge on any atom is 0.241 e. The number of ether oxygens (including phenoxy) is 2. The van der Waals surface area contributed by atoms with Crippen LogP contribution < -0.4 is 19.5 Å². The highest BCUT2D eigenvalue weighted by atomic mass is 35.5. The predicted molar refractivity (Wildman–Crippen MR) is 103 cm³/mol. The summed E-state index contributed by atoms with van der Waals surface area (Å²) in [4.78, 5) is 12.2. The molecule has 0 spiro atoms. The summed E-state index contributed by atoms with van der Waals surface area (Å²) in [7, 11) is -1.05. The van der Waals surface area contributed by atoms with E-state index in [0.717, 1.165) is 5.56 Å². The van der Waals surface area contributed by atoms with Gasteiger partial charge in [-0.1, -0.05) is 23.7 Å². The van der Waals surface area contributed by atoms with E-state index >= 15 is 0 Å². The van der Waals surface area contributed by atoms with Crippen LogP contribution in [-0.2, 0) is 21.4 Å². The van der Waals surface area contributed by atoms with E-state index in [1.54, 1.807) is 24.3 Å². The lowest BCUT2D eigenvalue weighted by molar-refractivity contribution is -0.122. The van der Waals surface area contributed by atoms with Crippen LogP contribution in [0.2, 0.25) is 5.02 Å². The second-order valence-corrected chi connectivity index (χ2v) is 7.85. The molecule has 2 aromatic rings. The average molecular weight is 413 g/mol. The van der Waals surface area contributed by atoms with Crippen molar-refractivity contribution in [3.05, 3.63) is 53.1 Å². The lowest BCUT2D eigenvalue weighted by Gasteiger charge is -2.15. The van der Waals surface area contributed by atoms with Gasteiger partial charge < -0.3 is 14.8 Å². The highest BCUT2D eigenvalue weighted by Crippen LogP contribution is 2.29. The summed E-state index contributed by atoms with van der Waals surface area (Å²) in [5.74, 6) is 0.236. The summed E-state index contributed by atoms with van der Waals surface area (Å²) < 4.78 is 37.6. The third-order valence-corrected chi connectivity index (χ3v) is 5.56. The summed E-state index contributed by atoms with van der Waals surface area (Å²) in [6.45, 7) is 1.73. The SMILES string of the molecule is COc1ccc(S(=O)(=O)N[C@H](C)C(=O)NCc2ccc(Cl)cc2)cc1OC. The number of halogens is 1. The molecule has 2 N–H and O–H groups in total. The maximum atomic E-state index is 12.5. The van der Waals surface area contributed by atoms with Crippen LogP contribution in [0.3, 0.4) is 0 Å². The molecule has 0 saturated carbocycles. The number of methoxy groups -OCH3 is 2. The molecule has 0 saturated heterocycles. The molecule has 146 valence electrons. The number of amides is 1. The molecule has 2 rings (SSSR count). The van der Waals surface area contributed by atoms with E-state index in [4.69, 9.17) is 21.1 Å². The molecule has 7 nitrogen and oxygen atoms in total. The number of rotatable bonds is 8. The van der Waals surface area contributed by atoms with Crippen molar-refractivity contribution in [2.45, 2.75) is 24.4 Å². The number of sulfonamides is 1. The Balaban J connectivity index is 2.03. The minimum atomic E-state index is -3.91. The van der Waals surface area contributed by atoms with E-state index in [9.17, 15) is 13.2 Å². The largest absolute Gasteiger partial charge is 0.493 e. The average Bonchev–Trinajstić information content (AvgIpc) is 2.66. The second-order valence-electron chi connectivity index (χ2n) is 5.70. The van der Waals surface area contributed by atoms with Crippen LogP contribution in [0.25, 0.3) is 0 Å². The molecule has 0 heterocycles. The van der Waals surface area contributed by atoms with E-state index in [0.29, 0.717) is 10.8 Å². The predicted octanol–water partition coefficient (Wildman–Crippen LogP) is 2.34. The van der Waals surface area contributed by atoms with Gasteiger partial charge in [0.25, 0.3) is 0 Å². The first-order chi connectivity index (χ1) is 12.8. The van der Waals surface area contributed by atoms with Gasteiger partial charge in [-0.3, -0.25) is 4.79 Å². The Morgan fingerprint density at radius 3 is 2.30 bits per heavy atom. The fourth-order valence-electron chi connectivity index (χ4n) is 2.28. The number of benzene rings is 2. The van der Waals surface area contributed by atoms with Crippen molar-refractivity contribution in [2.75, 3.05) is 14.2 Å². The van der Waals surface area contributed by atoms with Crippen molar-refractivity contribution in [2.24, 2.45) is 0 Å². The number of hydrogen-bond donors (Lipinski definition) is 2. The highest BCUT2D eigenvalue weighted by Gasteiger charge is 2.23. The topological polar surface area (TPSA) is 93.7 Å². The van der Waals surface area contributed by atoms with E-state index < -0.39 is 22.0 Å². The zero-order valence-corrected chi connectivity index (χ0v) is 16.7. The van der Waals surface area contributed by atoms with E-state index in [2.05, 4.69) is 10.0 Å². The van der Waals surface area contributed by atoms with Crippen LogP contribution >= 0.6 is 11.6 Å². The summed E-state index contributed by atoms with van der Waals surface area (Å²) in [6, 6.07) is 10.2. The molecule has 0 aromatic heterocycles. The van der Waals surface area contributed by atoms with Gasteiger partial charge in [-0.25, -0.2) is 8.42 Å². The molecule has 1 amide bonds. The van der Waals surface area contributed by atoms with Gasteiger partial charge in [0.1, 0.15) is 0 Å². The van der Waals surface area contributed by atoms with Crippen molar-refractivity contribution in [3.8, 4) is 11.5 Å². The van der Waals surface area contributed by atoms with E-state index in [1.807, 2.05) is 0 Å². The van der Waals surface area contributed by atoms with Crippen LogP contribution in [0.1, 0.15) is 12.5 Å². The second kappa shape index (κ2) is 9.07. The van der Waals surface area contributed by atoms with Gasteiger partial charge in [0.05, 0.1) is 25.2 Å². The molecule has 0 unspecified atom stereocenters. The van der Waals surface area contributed by atoms with Crippen LogP contribution in [0, 0.1) is 0 Å². The molecule has 27 heavy (non-hydrogen) atoms. The minimum absolute atomic E-state index is 0.0301. The number of nitrogens with one attached hydrogen (secondary N) is 2. The van der Waals surface area contributed by atoms with Crippen LogP contribution in [0.4, 0.5) is 0 Å². The summed E-state index contributed by atoms with van der Waals surface area (Å²) in [6.07, 6.45) is 0. The van der Waals surface area contributed by atoms with Gasteiger partial charge in [0.15, 0.2) is 11.5 Å². The lowest BCUT2D eigenvalue weighted by atomic mass is 10.2. The first kappa shape index (κ1) is 21.0. The fraction of sp³-hybridized carbons (Fsp3) is 0.278. The summed E-state index contributed by atoms with van der Waals surface area (Å²) in [5, 5.41) is 3.28. The number of carbonyl (C=O) groups is 1.